The summed E-state index contributed by atoms with van der Waals surface area (Å²) in [5.74, 6) is 5.27. The summed E-state index contributed by atoms with van der Waals surface area (Å²) in [5.41, 5.74) is 7.48. The molecule has 66 heavy (non-hydrogen) atoms. The van der Waals surface area contributed by atoms with Crippen LogP contribution in [0, 0.1) is 0 Å². The topological polar surface area (TPSA) is 54.0 Å². The average molecular weight is 855 g/mol. The standard InChI is InChI=1S/C61H42O5/c62-61(47-39-43(53-29-13-17-33-57(53)63-49-21-5-1-6-22-49)37-44(40-47)54-30-14-18-34-58(54)64-50-23-7-2-8-24-50)48-41-45(55-31-15-19-35-59(55)65-51-25-9-3-10-26-51)38-46(42-48)56-32-16-20-36-60(56)66-52-27-11-4-12-28-52/h1-42H. The van der Waals surface area contributed by atoms with Gasteiger partial charge in [0, 0.05) is 33.4 Å². The van der Waals surface area contributed by atoms with E-state index < -0.39 is 0 Å². The van der Waals surface area contributed by atoms with Gasteiger partial charge in [-0.15, -0.1) is 0 Å². The first-order valence-electron chi connectivity index (χ1n) is 21.8. The SMILES string of the molecule is O=C(c1cc(-c2ccccc2Oc2ccccc2)cc(-c2ccccc2Oc2ccccc2)c1)c1cc(-c2ccccc2Oc2ccccc2)cc(-c2ccccc2Oc2ccccc2)c1. The van der Waals surface area contributed by atoms with E-state index in [1.165, 1.54) is 0 Å². The van der Waals surface area contributed by atoms with E-state index in [0.29, 0.717) is 57.1 Å². The maximum Gasteiger partial charge on any atom is 0.193 e. The molecule has 0 aliphatic heterocycles. The highest BCUT2D eigenvalue weighted by Gasteiger charge is 2.21. The molecule has 0 atom stereocenters. The highest BCUT2D eigenvalue weighted by atomic mass is 16.5. The highest BCUT2D eigenvalue weighted by Crippen LogP contribution is 2.42. The number of ketones is 1. The molecular weight excluding hydrogens is 813 g/mol. The van der Waals surface area contributed by atoms with Gasteiger partial charge in [-0.05, 0) is 131 Å². The fraction of sp³-hybridized carbons (Fsp3) is 0. The number of hydrogen-bond acceptors (Lipinski definition) is 5. The van der Waals surface area contributed by atoms with Crippen LogP contribution in [-0.2, 0) is 0 Å². The van der Waals surface area contributed by atoms with Crippen LogP contribution < -0.4 is 18.9 Å². The molecule has 10 aromatic carbocycles. The normalized spacial score (nSPS) is 10.8. The second-order valence-corrected chi connectivity index (χ2v) is 15.6. The van der Waals surface area contributed by atoms with Crippen molar-refractivity contribution in [3.63, 3.8) is 0 Å². The van der Waals surface area contributed by atoms with Crippen LogP contribution in [0.3, 0.4) is 0 Å². The molecule has 10 rings (SSSR count). The number of hydrogen-bond donors (Lipinski definition) is 0. The summed E-state index contributed by atoms with van der Waals surface area (Å²) in [6.45, 7) is 0. The van der Waals surface area contributed by atoms with Crippen molar-refractivity contribution in [3.8, 4) is 90.5 Å². The third kappa shape index (κ3) is 9.37. The Hall–Kier alpha value is -8.93. The van der Waals surface area contributed by atoms with Gasteiger partial charge in [-0.2, -0.15) is 0 Å². The van der Waals surface area contributed by atoms with Crippen molar-refractivity contribution >= 4 is 5.78 Å². The second kappa shape index (κ2) is 19.2. The summed E-state index contributed by atoms with van der Waals surface area (Å²) in [4.78, 5) is 15.6. The predicted molar refractivity (Wildman–Crippen MR) is 264 cm³/mol. The summed E-state index contributed by atoms with van der Waals surface area (Å²) < 4.78 is 26.0. The maximum atomic E-state index is 15.6. The Labute approximate surface area is 384 Å². The molecule has 316 valence electrons. The molecule has 0 fully saturated rings. The molecule has 0 amide bonds. The Morgan fingerprint density at radius 2 is 0.455 bits per heavy atom. The molecule has 0 N–H and O–H groups in total. The van der Waals surface area contributed by atoms with Crippen LogP contribution in [0.15, 0.2) is 255 Å². The van der Waals surface area contributed by atoms with Gasteiger partial charge in [0.15, 0.2) is 5.78 Å². The van der Waals surface area contributed by atoms with Gasteiger partial charge in [0.1, 0.15) is 46.0 Å². The highest BCUT2D eigenvalue weighted by molar-refractivity contribution is 6.12. The molecule has 0 heterocycles. The van der Waals surface area contributed by atoms with E-state index >= 15 is 4.79 Å². The van der Waals surface area contributed by atoms with Crippen molar-refractivity contribution in [2.45, 2.75) is 0 Å². The van der Waals surface area contributed by atoms with Gasteiger partial charge in [0.05, 0.1) is 0 Å². The smallest absolute Gasteiger partial charge is 0.193 e. The summed E-state index contributed by atoms with van der Waals surface area (Å²) in [6, 6.07) is 82.4. The van der Waals surface area contributed by atoms with Crippen molar-refractivity contribution < 1.29 is 23.7 Å². The largest absolute Gasteiger partial charge is 0.457 e. The predicted octanol–water partition coefficient (Wildman–Crippen LogP) is 16.8. The zero-order valence-electron chi connectivity index (χ0n) is 35.8. The van der Waals surface area contributed by atoms with E-state index in [1.54, 1.807) is 0 Å². The molecule has 0 unspecified atom stereocenters. The molecule has 0 radical (unpaired) electrons. The van der Waals surface area contributed by atoms with Gasteiger partial charge in [0.25, 0.3) is 0 Å². The second-order valence-electron chi connectivity index (χ2n) is 15.6. The summed E-state index contributed by atoms with van der Waals surface area (Å²) in [5, 5.41) is 0. The summed E-state index contributed by atoms with van der Waals surface area (Å²) in [6.07, 6.45) is 0. The first-order chi connectivity index (χ1) is 32.6. The fourth-order valence-corrected chi connectivity index (χ4v) is 7.94. The average Bonchev–Trinajstić information content (AvgIpc) is 3.38. The first-order valence-corrected chi connectivity index (χ1v) is 21.8. The number of carbonyl (C=O) groups is 1. The van der Waals surface area contributed by atoms with Gasteiger partial charge in [-0.1, -0.05) is 146 Å². The summed E-state index contributed by atoms with van der Waals surface area (Å²) >= 11 is 0. The van der Waals surface area contributed by atoms with Crippen molar-refractivity contribution in [2.75, 3.05) is 0 Å². The van der Waals surface area contributed by atoms with Crippen LogP contribution in [0.4, 0.5) is 0 Å². The lowest BCUT2D eigenvalue weighted by Crippen LogP contribution is -2.04. The quantitative estimate of drug-likeness (QED) is 0.102. The lowest BCUT2D eigenvalue weighted by Gasteiger charge is -2.17. The fourth-order valence-electron chi connectivity index (χ4n) is 7.94. The Morgan fingerprint density at radius 3 is 0.697 bits per heavy atom. The van der Waals surface area contributed by atoms with Crippen LogP contribution >= 0.6 is 0 Å². The molecule has 0 saturated heterocycles. The molecule has 0 saturated carbocycles. The van der Waals surface area contributed by atoms with Crippen LogP contribution in [-0.4, -0.2) is 5.78 Å². The van der Waals surface area contributed by atoms with Crippen LogP contribution in [0.1, 0.15) is 15.9 Å². The van der Waals surface area contributed by atoms with E-state index in [4.69, 9.17) is 18.9 Å². The maximum absolute atomic E-state index is 15.6. The number of carbonyl (C=O) groups excluding carboxylic acids is 1. The van der Waals surface area contributed by atoms with Crippen LogP contribution in [0.25, 0.3) is 44.5 Å². The van der Waals surface area contributed by atoms with Gasteiger partial charge in [0.2, 0.25) is 0 Å². The third-order valence-electron chi connectivity index (χ3n) is 11.1. The van der Waals surface area contributed by atoms with Gasteiger partial charge in [-0.3, -0.25) is 4.79 Å². The number of benzene rings is 10. The van der Waals surface area contributed by atoms with E-state index in [0.717, 1.165) is 44.5 Å². The number of ether oxygens (including phenoxy) is 4. The zero-order chi connectivity index (χ0) is 44.5. The molecule has 0 spiro atoms. The Kier molecular flexibility index (Phi) is 12.0. The van der Waals surface area contributed by atoms with Gasteiger partial charge < -0.3 is 18.9 Å². The van der Waals surface area contributed by atoms with Crippen molar-refractivity contribution in [2.24, 2.45) is 0 Å². The number of para-hydroxylation sites is 8. The molecule has 0 bridgehead atoms. The van der Waals surface area contributed by atoms with E-state index in [9.17, 15) is 0 Å². The monoisotopic (exact) mass is 854 g/mol. The van der Waals surface area contributed by atoms with Gasteiger partial charge >= 0.3 is 0 Å². The zero-order valence-corrected chi connectivity index (χ0v) is 35.8. The minimum atomic E-state index is -0.174. The molecule has 5 heteroatoms. The molecule has 0 aromatic heterocycles. The van der Waals surface area contributed by atoms with Crippen molar-refractivity contribution in [1.82, 2.24) is 0 Å². The first kappa shape index (κ1) is 41.1. The molecular formula is C61H42O5. The van der Waals surface area contributed by atoms with E-state index in [2.05, 4.69) is 12.1 Å². The van der Waals surface area contributed by atoms with Crippen molar-refractivity contribution in [1.29, 1.82) is 0 Å². The van der Waals surface area contributed by atoms with Crippen LogP contribution in [0.5, 0.6) is 46.0 Å². The third-order valence-corrected chi connectivity index (χ3v) is 11.1. The lowest BCUT2D eigenvalue weighted by atomic mass is 9.89. The lowest BCUT2D eigenvalue weighted by molar-refractivity contribution is 0.103. The van der Waals surface area contributed by atoms with Crippen LogP contribution in [0.2, 0.25) is 0 Å². The van der Waals surface area contributed by atoms with Crippen molar-refractivity contribution in [3.05, 3.63) is 266 Å². The molecule has 0 aliphatic rings. The number of rotatable bonds is 14. The Balaban J connectivity index is 1.15. The van der Waals surface area contributed by atoms with E-state index in [-0.39, 0.29) is 5.78 Å². The minimum Gasteiger partial charge on any atom is -0.457 e. The molecule has 0 aliphatic carbocycles. The van der Waals surface area contributed by atoms with Gasteiger partial charge in [-0.25, -0.2) is 0 Å². The molecule has 5 nitrogen and oxygen atoms in total. The minimum absolute atomic E-state index is 0.174. The Bertz CT molecular complexity index is 2830. The molecule has 10 aromatic rings. The summed E-state index contributed by atoms with van der Waals surface area (Å²) in [7, 11) is 0. The Morgan fingerprint density at radius 1 is 0.242 bits per heavy atom. The van der Waals surface area contributed by atoms with E-state index in [1.807, 2.05) is 243 Å².